The van der Waals surface area contributed by atoms with Gasteiger partial charge in [-0.15, -0.1) is 0 Å². The molecule has 0 aromatic carbocycles. The smallest absolute Gasteiger partial charge is 0.335 e. The number of carbonyl (C=O) groups is 1. The molecule has 1 aliphatic rings. The van der Waals surface area contributed by atoms with Crippen LogP contribution in [0.4, 0.5) is 23.1 Å². The van der Waals surface area contributed by atoms with Crippen LogP contribution in [0.3, 0.4) is 0 Å². The highest BCUT2D eigenvalue weighted by atomic mass is 32.2. The lowest BCUT2D eigenvalue weighted by atomic mass is 9.85. The Morgan fingerprint density at radius 3 is 2.81 bits per heavy atom. The Labute approximate surface area is 128 Å². The first-order valence-corrected chi connectivity index (χ1v) is 8.40. The van der Waals surface area contributed by atoms with E-state index in [1.807, 2.05) is 6.26 Å². The summed E-state index contributed by atoms with van der Waals surface area (Å²) in [6.07, 6.45) is -1.29. The highest BCUT2D eigenvalue weighted by Crippen LogP contribution is 2.37. The van der Waals surface area contributed by atoms with Gasteiger partial charge < -0.3 is 5.32 Å². The van der Waals surface area contributed by atoms with Gasteiger partial charge in [-0.2, -0.15) is 22.5 Å². The van der Waals surface area contributed by atoms with Gasteiger partial charge in [0.15, 0.2) is 0 Å². The van der Waals surface area contributed by atoms with Crippen molar-refractivity contribution in [1.82, 2.24) is 14.7 Å². The van der Waals surface area contributed by atoms with Crippen molar-refractivity contribution in [2.24, 2.45) is 5.92 Å². The predicted octanol–water partition coefficient (Wildman–Crippen LogP) is 3.50. The van der Waals surface area contributed by atoms with Gasteiger partial charge in [-0.1, -0.05) is 18.2 Å². The van der Waals surface area contributed by atoms with Gasteiger partial charge in [0.2, 0.25) is 10.3 Å². The number of halogens is 3. The van der Waals surface area contributed by atoms with Crippen molar-refractivity contribution in [3.8, 4) is 0 Å². The molecule has 0 radical (unpaired) electrons. The molecule has 1 aromatic heterocycles. The van der Waals surface area contributed by atoms with Gasteiger partial charge in [0.25, 0.3) is 0 Å². The molecule has 0 spiro atoms. The topological polar surface area (TPSA) is 66.9 Å². The molecule has 0 unspecified atom stereocenters. The van der Waals surface area contributed by atoms with Crippen molar-refractivity contribution in [3.05, 3.63) is 0 Å². The molecule has 2 N–H and O–H groups in total. The number of amides is 2. The van der Waals surface area contributed by atoms with Crippen LogP contribution in [0.1, 0.15) is 25.7 Å². The number of thioether (sulfide) groups is 1. The third-order valence-electron chi connectivity index (χ3n) is 3.28. The SMILES string of the molecule is CSc1nsc(NC(=O)N[C@H]2CCC[C@@H](C(F)(F)F)C2)n1. The van der Waals surface area contributed by atoms with E-state index in [9.17, 15) is 18.0 Å². The third-order valence-corrected chi connectivity index (χ3v) is 4.58. The highest BCUT2D eigenvalue weighted by Gasteiger charge is 2.42. The summed E-state index contributed by atoms with van der Waals surface area (Å²) in [5, 5.41) is 5.96. The fraction of sp³-hybridized carbons (Fsp3) is 0.727. The summed E-state index contributed by atoms with van der Waals surface area (Å²) in [6.45, 7) is 0. The number of anilines is 1. The second-order valence-electron chi connectivity index (χ2n) is 4.79. The number of hydrogen-bond donors (Lipinski definition) is 2. The zero-order valence-corrected chi connectivity index (χ0v) is 12.9. The fourth-order valence-corrected chi connectivity index (χ4v) is 3.40. The van der Waals surface area contributed by atoms with E-state index in [1.165, 1.54) is 11.8 Å². The van der Waals surface area contributed by atoms with E-state index in [1.54, 1.807) is 0 Å². The molecule has 1 aliphatic carbocycles. The molecule has 10 heteroatoms. The average Bonchev–Trinajstić information content (AvgIpc) is 2.85. The minimum Gasteiger partial charge on any atom is -0.335 e. The Morgan fingerprint density at radius 2 is 2.19 bits per heavy atom. The number of carbonyl (C=O) groups excluding carboxylic acids is 1. The van der Waals surface area contributed by atoms with Crippen LogP contribution in [0.5, 0.6) is 0 Å². The summed E-state index contributed by atoms with van der Waals surface area (Å²) in [5.74, 6) is -1.33. The zero-order chi connectivity index (χ0) is 15.5. The molecule has 0 saturated heterocycles. The quantitative estimate of drug-likeness (QED) is 0.827. The lowest BCUT2D eigenvalue weighted by Gasteiger charge is -2.30. The van der Waals surface area contributed by atoms with E-state index in [-0.39, 0.29) is 12.8 Å². The van der Waals surface area contributed by atoms with Crippen molar-refractivity contribution < 1.29 is 18.0 Å². The molecule has 0 aliphatic heterocycles. The molecule has 2 rings (SSSR count). The minimum absolute atomic E-state index is 0.0664. The van der Waals surface area contributed by atoms with Gasteiger partial charge in [0, 0.05) is 17.6 Å². The molecule has 1 fully saturated rings. The monoisotopic (exact) mass is 340 g/mol. The van der Waals surface area contributed by atoms with Crippen LogP contribution in [0.15, 0.2) is 5.16 Å². The highest BCUT2D eigenvalue weighted by molar-refractivity contribution is 7.98. The van der Waals surface area contributed by atoms with Crippen molar-refractivity contribution >= 4 is 34.5 Å². The van der Waals surface area contributed by atoms with Crippen LogP contribution in [-0.4, -0.2) is 33.9 Å². The first-order chi connectivity index (χ1) is 9.88. The molecule has 0 bridgehead atoms. The van der Waals surface area contributed by atoms with Crippen molar-refractivity contribution in [3.63, 3.8) is 0 Å². The number of hydrogen-bond acceptors (Lipinski definition) is 5. The van der Waals surface area contributed by atoms with Crippen LogP contribution >= 0.6 is 23.3 Å². The van der Waals surface area contributed by atoms with E-state index in [0.29, 0.717) is 23.1 Å². The largest absolute Gasteiger partial charge is 0.391 e. The van der Waals surface area contributed by atoms with E-state index >= 15 is 0 Å². The number of aromatic nitrogens is 2. The Bertz CT molecular complexity index is 494. The van der Waals surface area contributed by atoms with Crippen molar-refractivity contribution in [2.75, 3.05) is 11.6 Å². The summed E-state index contributed by atoms with van der Waals surface area (Å²) < 4.78 is 42.1. The Kier molecular flexibility index (Phi) is 5.31. The third kappa shape index (κ3) is 4.73. The number of rotatable bonds is 3. The number of nitrogens with zero attached hydrogens (tertiary/aromatic N) is 2. The number of nitrogens with one attached hydrogen (secondary N) is 2. The molecule has 2 amide bonds. The van der Waals surface area contributed by atoms with E-state index < -0.39 is 24.2 Å². The van der Waals surface area contributed by atoms with Gasteiger partial charge in [0.1, 0.15) is 0 Å². The Morgan fingerprint density at radius 1 is 1.43 bits per heavy atom. The van der Waals surface area contributed by atoms with Crippen molar-refractivity contribution in [2.45, 2.75) is 43.1 Å². The molecular formula is C11H15F3N4OS2. The number of urea groups is 1. The molecule has 2 atom stereocenters. The number of alkyl halides is 3. The van der Waals surface area contributed by atoms with E-state index in [4.69, 9.17) is 0 Å². The Hall–Kier alpha value is -1.03. The van der Waals surface area contributed by atoms with E-state index in [0.717, 1.165) is 11.5 Å². The molecule has 21 heavy (non-hydrogen) atoms. The molecular weight excluding hydrogens is 325 g/mol. The normalized spacial score (nSPS) is 22.9. The van der Waals surface area contributed by atoms with Gasteiger partial charge in [-0.25, -0.2) is 4.79 Å². The molecule has 1 saturated carbocycles. The first-order valence-electron chi connectivity index (χ1n) is 6.40. The molecule has 118 valence electrons. The summed E-state index contributed by atoms with van der Waals surface area (Å²) in [4.78, 5) is 15.8. The summed E-state index contributed by atoms with van der Waals surface area (Å²) >= 11 is 2.38. The van der Waals surface area contributed by atoms with E-state index in [2.05, 4.69) is 20.0 Å². The average molecular weight is 340 g/mol. The van der Waals surface area contributed by atoms with Crippen LogP contribution in [0.2, 0.25) is 0 Å². The minimum atomic E-state index is -4.19. The van der Waals surface area contributed by atoms with Crippen LogP contribution in [0, 0.1) is 5.92 Å². The van der Waals surface area contributed by atoms with Crippen LogP contribution in [-0.2, 0) is 0 Å². The van der Waals surface area contributed by atoms with Gasteiger partial charge in [-0.3, -0.25) is 5.32 Å². The zero-order valence-electron chi connectivity index (χ0n) is 11.2. The lowest BCUT2D eigenvalue weighted by Crippen LogP contribution is -2.43. The second kappa shape index (κ2) is 6.82. The Balaban J connectivity index is 1.84. The maximum atomic E-state index is 12.7. The second-order valence-corrected chi connectivity index (χ2v) is 6.31. The van der Waals surface area contributed by atoms with Crippen molar-refractivity contribution in [1.29, 1.82) is 0 Å². The van der Waals surface area contributed by atoms with Gasteiger partial charge in [0.05, 0.1) is 5.92 Å². The summed E-state index contributed by atoms with van der Waals surface area (Å²) in [6, 6.07) is -0.995. The van der Waals surface area contributed by atoms with Gasteiger partial charge >= 0.3 is 12.2 Å². The lowest BCUT2D eigenvalue weighted by molar-refractivity contribution is -0.183. The van der Waals surface area contributed by atoms with Crippen LogP contribution < -0.4 is 10.6 Å². The fourth-order valence-electron chi connectivity index (χ4n) is 2.28. The summed E-state index contributed by atoms with van der Waals surface area (Å²) in [7, 11) is 0. The summed E-state index contributed by atoms with van der Waals surface area (Å²) in [5.41, 5.74) is 0. The first kappa shape index (κ1) is 16.3. The molecule has 1 aromatic rings. The molecule has 5 nitrogen and oxygen atoms in total. The predicted molar refractivity (Wildman–Crippen MR) is 75.6 cm³/mol. The maximum Gasteiger partial charge on any atom is 0.391 e. The standard InChI is InChI=1S/C11H15F3N4OS2/c1-20-10-17-9(21-18-10)16-8(19)15-7-4-2-3-6(5-7)11(12,13)14/h6-7H,2-5H2,1H3,(H2,15,16,17,18,19)/t6-,7+/m1/s1. The molecule has 1 heterocycles. The maximum absolute atomic E-state index is 12.7. The van der Waals surface area contributed by atoms with Crippen LogP contribution in [0.25, 0.3) is 0 Å². The van der Waals surface area contributed by atoms with Gasteiger partial charge in [-0.05, 0) is 25.5 Å².